The van der Waals surface area contributed by atoms with E-state index >= 15 is 0 Å². The number of nitrogens with two attached hydrogens (primary N) is 1. The van der Waals surface area contributed by atoms with Gasteiger partial charge in [-0.05, 0) is 44.4 Å². The molecular formula is C15H21N3. The van der Waals surface area contributed by atoms with Crippen molar-refractivity contribution in [3.05, 3.63) is 29.1 Å². The molecule has 0 aliphatic carbocycles. The molecule has 96 valence electrons. The van der Waals surface area contributed by atoms with E-state index in [1.165, 1.54) is 24.8 Å². The molecule has 0 atom stereocenters. The van der Waals surface area contributed by atoms with Crippen LogP contribution in [0, 0.1) is 13.8 Å². The largest absolute Gasteiger partial charge is 0.398 e. The Morgan fingerprint density at radius 1 is 1.11 bits per heavy atom. The second-order valence-electron chi connectivity index (χ2n) is 4.87. The number of unbranched alkanes of at least 4 members (excludes halogenated alkanes) is 2. The Morgan fingerprint density at radius 3 is 2.61 bits per heavy atom. The van der Waals surface area contributed by atoms with Crippen LogP contribution in [0.25, 0.3) is 11.0 Å². The summed E-state index contributed by atoms with van der Waals surface area (Å²) in [6.45, 7) is 6.21. The topological polar surface area (TPSA) is 51.8 Å². The minimum absolute atomic E-state index is 0.768. The van der Waals surface area contributed by atoms with Crippen LogP contribution in [0.5, 0.6) is 0 Å². The summed E-state index contributed by atoms with van der Waals surface area (Å²) in [6, 6.07) is 4.02. The highest BCUT2D eigenvalue weighted by atomic mass is 14.9. The fourth-order valence-corrected chi connectivity index (χ4v) is 2.29. The van der Waals surface area contributed by atoms with Crippen LogP contribution < -0.4 is 5.73 Å². The molecule has 18 heavy (non-hydrogen) atoms. The van der Waals surface area contributed by atoms with Gasteiger partial charge in [0.2, 0.25) is 0 Å². The Balaban J connectivity index is 2.44. The molecule has 0 amide bonds. The van der Waals surface area contributed by atoms with Gasteiger partial charge in [0.1, 0.15) is 0 Å². The third-order valence-corrected chi connectivity index (χ3v) is 3.37. The molecular weight excluding hydrogens is 222 g/mol. The molecule has 0 aliphatic heterocycles. The summed E-state index contributed by atoms with van der Waals surface area (Å²) in [6.07, 6.45) is 4.65. The van der Waals surface area contributed by atoms with Crippen molar-refractivity contribution in [3.8, 4) is 0 Å². The number of nitrogens with zero attached hydrogens (tertiary/aromatic N) is 2. The quantitative estimate of drug-likeness (QED) is 0.835. The zero-order chi connectivity index (χ0) is 13.1. The van der Waals surface area contributed by atoms with Gasteiger partial charge in [0.05, 0.1) is 0 Å². The van der Waals surface area contributed by atoms with E-state index in [-0.39, 0.29) is 0 Å². The van der Waals surface area contributed by atoms with Crippen molar-refractivity contribution in [2.24, 2.45) is 0 Å². The lowest BCUT2D eigenvalue weighted by atomic mass is 10.0. The average Bonchev–Trinajstić information content (AvgIpc) is 2.33. The Labute approximate surface area is 108 Å². The Morgan fingerprint density at radius 2 is 1.89 bits per heavy atom. The van der Waals surface area contributed by atoms with Crippen molar-refractivity contribution < 1.29 is 0 Å². The van der Waals surface area contributed by atoms with Crippen LogP contribution in [-0.4, -0.2) is 9.97 Å². The average molecular weight is 243 g/mol. The monoisotopic (exact) mass is 243 g/mol. The van der Waals surface area contributed by atoms with E-state index in [1.807, 2.05) is 26.0 Å². The lowest BCUT2D eigenvalue weighted by molar-refractivity contribution is 0.715. The highest BCUT2D eigenvalue weighted by Crippen LogP contribution is 2.26. The SMILES string of the molecule is CCCCCc1c(C)nc2nc(C)ccc2c1N. The maximum Gasteiger partial charge on any atom is 0.161 e. The zero-order valence-electron chi connectivity index (χ0n) is 11.5. The van der Waals surface area contributed by atoms with Crippen LogP contribution in [0.4, 0.5) is 5.69 Å². The van der Waals surface area contributed by atoms with E-state index in [1.54, 1.807) is 0 Å². The molecule has 3 heteroatoms. The molecule has 0 spiro atoms. The predicted molar refractivity (Wildman–Crippen MR) is 76.7 cm³/mol. The summed E-state index contributed by atoms with van der Waals surface area (Å²) in [5.74, 6) is 0. The van der Waals surface area contributed by atoms with E-state index in [0.29, 0.717) is 0 Å². The summed E-state index contributed by atoms with van der Waals surface area (Å²) in [5, 5.41) is 0.984. The van der Waals surface area contributed by atoms with Crippen LogP contribution in [0.2, 0.25) is 0 Å². The lowest BCUT2D eigenvalue weighted by Crippen LogP contribution is -2.03. The molecule has 0 aliphatic rings. The van der Waals surface area contributed by atoms with E-state index in [2.05, 4.69) is 16.9 Å². The normalized spacial score (nSPS) is 11.1. The second-order valence-corrected chi connectivity index (χ2v) is 4.87. The maximum absolute atomic E-state index is 6.27. The first-order chi connectivity index (χ1) is 8.63. The van der Waals surface area contributed by atoms with Crippen molar-refractivity contribution in [1.29, 1.82) is 0 Å². The number of anilines is 1. The first-order valence-electron chi connectivity index (χ1n) is 6.65. The molecule has 0 fully saturated rings. The van der Waals surface area contributed by atoms with Gasteiger partial charge in [0.15, 0.2) is 5.65 Å². The maximum atomic E-state index is 6.27. The van der Waals surface area contributed by atoms with Crippen LogP contribution in [-0.2, 0) is 6.42 Å². The van der Waals surface area contributed by atoms with Gasteiger partial charge in [-0.3, -0.25) is 0 Å². The molecule has 0 bridgehead atoms. The van der Waals surface area contributed by atoms with Crippen LogP contribution in [0.1, 0.15) is 43.1 Å². The Bertz CT molecular complexity index is 561. The Kier molecular flexibility index (Phi) is 3.80. The van der Waals surface area contributed by atoms with Crippen molar-refractivity contribution >= 4 is 16.7 Å². The molecule has 2 rings (SSSR count). The van der Waals surface area contributed by atoms with Gasteiger partial charge in [-0.1, -0.05) is 19.8 Å². The fourth-order valence-electron chi connectivity index (χ4n) is 2.29. The number of fused-ring (bicyclic) bond motifs is 1. The summed E-state index contributed by atoms with van der Waals surface area (Å²) in [7, 11) is 0. The third-order valence-electron chi connectivity index (χ3n) is 3.37. The van der Waals surface area contributed by atoms with E-state index < -0.39 is 0 Å². The molecule has 0 aromatic carbocycles. The van der Waals surface area contributed by atoms with Gasteiger partial charge in [0.25, 0.3) is 0 Å². The smallest absolute Gasteiger partial charge is 0.161 e. The number of pyridine rings is 2. The van der Waals surface area contributed by atoms with Crippen LogP contribution in [0.15, 0.2) is 12.1 Å². The highest BCUT2D eigenvalue weighted by Gasteiger charge is 2.10. The van der Waals surface area contributed by atoms with Crippen molar-refractivity contribution in [3.63, 3.8) is 0 Å². The summed E-state index contributed by atoms with van der Waals surface area (Å²) < 4.78 is 0. The van der Waals surface area contributed by atoms with Gasteiger partial charge in [-0.25, -0.2) is 9.97 Å². The van der Waals surface area contributed by atoms with E-state index in [0.717, 1.165) is 34.5 Å². The number of aromatic nitrogens is 2. The number of hydrogen-bond acceptors (Lipinski definition) is 3. The van der Waals surface area contributed by atoms with Gasteiger partial charge in [-0.2, -0.15) is 0 Å². The summed E-state index contributed by atoms with van der Waals surface area (Å²) >= 11 is 0. The second kappa shape index (κ2) is 5.34. The zero-order valence-corrected chi connectivity index (χ0v) is 11.5. The minimum atomic E-state index is 0.768. The van der Waals surface area contributed by atoms with Crippen molar-refractivity contribution in [1.82, 2.24) is 9.97 Å². The standard InChI is InChI=1S/C15H21N3/c1-4-5-6-7-12-11(3)18-15-13(14(12)16)9-8-10(2)17-15/h8-9H,4-7H2,1-3H3,(H2,16,17,18). The third kappa shape index (κ3) is 2.45. The number of nitrogen functional groups attached to an aromatic ring is 1. The molecule has 0 radical (unpaired) electrons. The fraction of sp³-hybridized carbons (Fsp3) is 0.467. The molecule has 0 saturated carbocycles. The van der Waals surface area contributed by atoms with Crippen LogP contribution >= 0.6 is 0 Å². The number of hydrogen-bond donors (Lipinski definition) is 1. The number of aryl methyl sites for hydroxylation is 2. The van der Waals surface area contributed by atoms with Gasteiger partial charge in [0, 0.05) is 22.5 Å². The van der Waals surface area contributed by atoms with E-state index in [9.17, 15) is 0 Å². The molecule has 2 aromatic heterocycles. The summed E-state index contributed by atoms with van der Waals surface area (Å²) in [4.78, 5) is 9.03. The van der Waals surface area contributed by atoms with Gasteiger partial charge < -0.3 is 5.73 Å². The number of rotatable bonds is 4. The molecule has 2 N–H and O–H groups in total. The van der Waals surface area contributed by atoms with E-state index in [4.69, 9.17) is 5.73 Å². The molecule has 3 nitrogen and oxygen atoms in total. The molecule has 2 heterocycles. The highest BCUT2D eigenvalue weighted by molar-refractivity contribution is 5.89. The molecule has 0 unspecified atom stereocenters. The van der Waals surface area contributed by atoms with Crippen molar-refractivity contribution in [2.75, 3.05) is 5.73 Å². The minimum Gasteiger partial charge on any atom is -0.398 e. The van der Waals surface area contributed by atoms with Gasteiger partial charge in [-0.15, -0.1) is 0 Å². The first kappa shape index (κ1) is 12.8. The van der Waals surface area contributed by atoms with Crippen molar-refractivity contribution in [2.45, 2.75) is 46.5 Å². The summed E-state index contributed by atoms with van der Waals surface area (Å²) in [5.41, 5.74) is 11.1. The Hall–Kier alpha value is -1.64. The molecule has 2 aromatic rings. The van der Waals surface area contributed by atoms with Gasteiger partial charge >= 0.3 is 0 Å². The first-order valence-corrected chi connectivity index (χ1v) is 6.65. The predicted octanol–water partition coefficient (Wildman–Crippen LogP) is 3.56. The van der Waals surface area contributed by atoms with Crippen LogP contribution in [0.3, 0.4) is 0 Å². The lowest BCUT2D eigenvalue weighted by Gasteiger charge is -2.11. The molecule has 0 saturated heterocycles.